The predicted octanol–water partition coefficient (Wildman–Crippen LogP) is 3.52. The van der Waals surface area contributed by atoms with Gasteiger partial charge in [-0.1, -0.05) is 0 Å². The van der Waals surface area contributed by atoms with E-state index in [1.807, 2.05) is 0 Å². The van der Waals surface area contributed by atoms with Gasteiger partial charge < -0.3 is 10.1 Å². The second-order valence-electron chi connectivity index (χ2n) is 4.04. The van der Waals surface area contributed by atoms with Gasteiger partial charge in [-0.05, 0) is 58.4 Å². The minimum Gasteiger partial charge on any atom is -0.497 e. The van der Waals surface area contributed by atoms with Gasteiger partial charge in [0.15, 0.2) is 0 Å². The molecule has 1 N–H and O–H groups in total. The summed E-state index contributed by atoms with van der Waals surface area (Å²) in [5, 5.41) is 2.76. The van der Waals surface area contributed by atoms with Crippen LogP contribution >= 0.6 is 15.9 Å². The number of anilines is 1. The molecule has 2 rings (SSSR count). The molecular weight excluding hydrogens is 322 g/mol. The molecule has 0 heterocycles. The van der Waals surface area contributed by atoms with Gasteiger partial charge in [0.1, 0.15) is 12.0 Å². The van der Waals surface area contributed by atoms with Crippen molar-refractivity contribution in [3.8, 4) is 5.75 Å². The maximum Gasteiger partial charge on any atom is 0.256 e. The van der Waals surface area contributed by atoms with E-state index in [9.17, 15) is 9.59 Å². The van der Waals surface area contributed by atoms with Gasteiger partial charge in [-0.2, -0.15) is 0 Å². The summed E-state index contributed by atoms with van der Waals surface area (Å²) in [4.78, 5) is 22.8. The lowest BCUT2D eigenvalue weighted by molar-refractivity contribution is 0.102. The molecule has 0 saturated carbocycles. The van der Waals surface area contributed by atoms with Crippen LogP contribution in [0.3, 0.4) is 0 Å². The Morgan fingerprint density at radius 1 is 1.20 bits per heavy atom. The molecule has 0 saturated heterocycles. The molecule has 1 amide bonds. The van der Waals surface area contributed by atoms with Crippen LogP contribution in [0.1, 0.15) is 20.7 Å². The van der Waals surface area contributed by atoms with Crippen molar-refractivity contribution in [3.05, 3.63) is 58.1 Å². The Bertz CT molecular complexity index is 638. The number of hydrogen-bond acceptors (Lipinski definition) is 3. The number of aldehydes is 1. The van der Waals surface area contributed by atoms with Crippen molar-refractivity contribution in [1.29, 1.82) is 0 Å². The van der Waals surface area contributed by atoms with Crippen LogP contribution in [0.4, 0.5) is 5.69 Å². The quantitative estimate of drug-likeness (QED) is 0.871. The van der Waals surface area contributed by atoms with Gasteiger partial charge >= 0.3 is 0 Å². The molecule has 0 unspecified atom stereocenters. The van der Waals surface area contributed by atoms with Gasteiger partial charge in [-0.15, -0.1) is 0 Å². The van der Waals surface area contributed by atoms with Crippen molar-refractivity contribution >= 4 is 33.8 Å². The van der Waals surface area contributed by atoms with E-state index >= 15 is 0 Å². The largest absolute Gasteiger partial charge is 0.497 e. The fraction of sp³-hybridized carbons (Fsp3) is 0.0667. The summed E-state index contributed by atoms with van der Waals surface area (Å²) in [6.45, 7) is 0. The van der Waals surface area contributed by atoms with Crippen LogP contribution in [0.2, 0.25) is 0 Å². The average Bonchev–Trinajstić information content (AvgIpc) is 2.48. The minimum absolute atomic E-state index is 0.255. The van der Waals surface area contributed by atoms with E-state index in [0.29, 0.717) is 27.0 Å². The third kappa shape index (κ3) is 3.24. The molecule has 0 aliphatic rings. The van der Waals surface area contributed by atoms with Gasteiger partial charge in [-0.3, -0.25) is 9.59 Å². The topological polar surface area (TPSA) is 55.4 Å². The lowest BCUT2D eigenvalue weighted by Gasteiger charge is -2.08. The summed E-state index contributed by atoms with van der Waals surface area (Å²) in [6, 6.07) is 11.8. The van der Waals surface area contributed by atoms with E-state index in [2.05, 4.69) is 21.2 Å². The van der Waals surface area contributed by atoms with E-state index in [4.69, 9.17) is 4.74 Å². The normalized spacial score (nSPS) is 9.90. The van der Waals surface area contributed by atoms with Crippen LogP contribution in [0.25, 0.3) is 0 Å². The predicted molar refractivity (Wildman–Crippen MR) is 80.5 cm³/mol. The number of amides is 1. The molecule has 0 aliphatic heterocycles. The number of benzene rings is 2. The van der Waals surface area contributed by atoms with Crippen molar-refractivity contribution < 1.29 is 14.3 Å². The van der Waals surface area contributed by atoms with Gasteiger partial charge in [0.25, 0.3) is 5.91 Å². The van der Waals surface area contributed by atoms with Crippen LogP contribution in [0.5, 0.6) is 5.75 Å². The van der Waals surface area contributed by atoms with Gasteiger partial charge in [0.2, 0.25) is 0 Å². The lowest BCUT2D eigenvalue weighted by atomic mass is 10.2. The molecule has 20 heavy (non-hydrogen) atoms. The first-order chi connectivity index (χ1) is 9.63. The van der Waals surface area contributed by atoms with Crippen LogP contribution in [-0.4, -0.2) is 19.3 Å². The third-order valence-electron chi connectivity index (χ3n) is 2.72. The van der Waals surface area contributed by atoms with E-state index < -0.39 is 0 Å². The zero-order valence-corrected chi connectivity index (χ0v) is 12.3. The fourth-order valence-corrected chi connectivity index (χ4v) is 2.08. The molecule has 0 aromatic heterocycles. The van der Waals surface area contributed by atoms with E-state index in [1.54, 1.807) is 49.6 Å². The Balaban J connectivity index is 2.20. The number of methoxy groups -OCH3 is 1. The Kier molecular flexibility index (Phi) is 4.53. The molecule has 0 atom stereocenters. The van der Waals surface area contributed by atoms with Gasteiger partial charge in [0, 0.05) is 15.7 Å². The second-order valence-corrected chi connectivity index (χ2v) is 4.89. The second kappa shape index (κ2) is 6.34. The van der Waals surface area contributed by atoms with Crippen LogP contribution in [0, 0.1) is 0 Å². The summed E-state index contributed by atoms with van der Waals surface area (Å²) in [7, 11) is 1.54. The molecule has 4 nitrogen and oxygen atoms in total. The van der Waals surface area contributed by atoms with Crippen molar-refractivity contribution in [1.82, 2.24) is 0 Å². The van der Waals surface area contributed by atoms with Crippen LogP contribution < -0.4 is 10.1 Å². The molecule has 0 spiro atoms. The summed E-state index contributed by atoms with van der Waals surface area (Å²) in [6.07, 6.45) is 0.754. The average molecular weight is 334 g/mol. The van der Waals surface area contributed by atoms with Gasteiger partial charge in [-0.25, -0.2) is 0 Å². The van der Waals surface area contributed by atoms with Gasteiger partial charge in [0.05, 0.1) is 12.7 Å². The summed E-state index contributed by atoms with van der Waals surface area (Å²) in [5.41, 5.74) is 1.66. The number of ether oxygens (including phenoxy) is 1. The monoisotopic (exact) mass is 333 g/mol. The van der Waals surface area contributed by atoms with Crippen LogP contribution in [0.15, 0.2) is 46.9 Å². The number of carbonyl (C=O) groups is 2. The molecule has 2 aromatic carbocycles. The molecule has 5 heteroatoms. The molecule has 0 aliphatic carbocycles. The van der Waals surface area contributed by atoms with E-state index in [0.717, 1.165) is 6.29 Å². The molecule has 102 valence electrons. The zero-order chi connectivity index (χ0) is 14.5. The number of hydrogen-bond donors (Lipinski definition) is 1. The number of rotatable bonds is 4. The van der Waals surface area contributed by atoms with Crippen molar-refractivity contribution in [2.45, 2.75) is 0 Å². The number of nitrogens with one attached hydrogen (secondary N) is 1. The fourth-order valence-electron chi connectivity index (χ4n) is 1.65. The Morgan fingerprint density at radius 3 is 2.50 bits per heavy atom. The first kappa shape index (κ1) is 14.3. The first-order valence-electron chi connectivity index (χ1n) is 5.84. The Hall–Kier alpha value is -2.14. The lowest BCUT2D eigenvalue weighted by Crippen LogP contribution is -2.12. The molecule has 2 aromatic rings. The summed E-state index contributed by atoms with van der Waals surface area (Å²) in [5.74, 6) is 0.351. The van der Waals surface area contributed by atoms with Crippen LogP contribution in [-0.2, 0) is 0 Å². The molecule has 0 radical (unpaired) electrons. The summed E-state index contributed by atoms with van der Waals surface area (Å²) >= 11 is 3.33. The highest BCUT2D eigenvalue weighted by molar-refractivity contribution is 9.10. The summed E-state index contributed by atoms with van der Waals surface area (Å²) < 4.78 is 5.78. The molecule has 0 bridgehead atoms. The number of carbonyl (C=O) groups excluding carboxylic acids is 2. The zero-order valence-electron chi connectivity index (χ0n) is 10.7. The van der Waals surface area contributed by atoms with E-state index in [-0.39, 0.29) is 5.91 Å². The van der Waals surface area contributed by atoms with Crippen molar-refractivity contribution in [2.24, 2.45) is 0 Å². The Morgan fingerprint density at radius 2 is 1.90 bits per heavy atom. The Labute approximate surface area is 124 Å². The van der Waals surface area contributed by atoms with Crippen molar-refractivity contribution in [2.75, 3.05) is 12.4 Å². The minimum atomic E-state index is -0.255. The smallest absolute Gasteiger partial charge is 0.256 e. The van der Waals surface area contributed by atoms with Crippen molar-refractivity contribution in [3.63, 3.8) is 0 Å². The standard InChI is InChI=1S/C15H12BrNO3/c1-20-12-6-7-14(16)13(8-12)15(19)17-11-4-2-10(9-18)3-5-11/h2-9H,1H3,(H,17,19). The maximum atomic E-state index is 12.2. The molecular formula is C15H12BrNO3. The first-order valence-corrected chi connectivity index (χ1v) is 6.63. The highest BCUT2D eigenvalue weighted by atomic mass is 79.9. The highest BCUT2D eigenvalue weighted by Gasteiger charge is 2.11. The SMILES string of the molecule is COc1ccc(Br)c(C(=O)Nc2ccc(C=O)cc2)c1. The molecule has 0 fully saturated rings. The highest BCUT2D eigenvalue weighted by Crippen LogP contribution is 2.23. The number of halogens is 1. The maximum absolute atomic E-state index is 12.2. The van der Waals surface area contributed by atoms with E-state index in [1.165, 1.54) is 0 Å². The third-order valence-corrected chi connectivity index (χ3v) is 3.41.